The number of carbonyl (C=O) groups excluding carboxylic acids is 1. The maximum Gasteiger partial charge on any atom is 0.527 e. The fourth-order valence-electron chi connectivity index (χ4n) is 0.571. The van der Waals surface area contributed by atoms with Crippen LogP contribution in [0, 0.1) is 0 Å². The molecule has 6 nitrogen and oxygen atoms in total. The normalized spacial score (nSPS) is 9.11. The molecule has 1 aromatic carbocycles. The number of carbonyl (C=O) groups is 1. The van der Waals surface area contributed by atoms with Crippen LogP contribution in [0.5, 0.6) is 0 Å². The Morgan fingerprint density at radius 3 is 1.53 bits per heavy atom. The Morgan fingerprint density at radius 1 is 1.16 bits per heavy atom. The number of benzene rings is 1. The van der Waals surface area contributed by atoms with Crippen molar-refractivity contribution in [2.45, 2.75) is 13.8 Å². The highest BCUT2D eigenvalue weighted by Gasteiger charge is 2.20. The molecule has 0 aliphatic rings. The van der Waals surface area contributed by atoms with E-state index in [1.807, 2.05) is 36.4 Å². The highest BCUT2D eigenvalue weighted by molar-refractivity contribution is 7.46. The monoisotopic (exact) mass is 290 g/mol. The van der Waals surface area contributed by atoms with Crippen LogP contribution in [0.4, 0.5) is 0 Å². The van der Waals surface area contributed by atoms with Gasteiger partial charge in [-0.2, -0.15) is 0 Å². The standard InChI is InChI=1S/C6H6.C4H7O5P.C2H6O/c1-2-4-6-5-3-1;1-3(2)4(5)9-10(6,7)8;1-2-3/h1-6H;1H2,2H3,(H2,6,7,8);3H,2H2,1H3. The molecule has 108 valence electrons. The first-order valence-corrected chi connectivity index (χ1v) is 6.83. The quantitative estimate of drug-likeness (QED) is 0.567. The van der Waals surface area contributed by atoms with Crippen LogP contribution in [0.15, 0.2) is 48.6 Å². The highest BCUT2D eigenvalue weighted by atomic mass is 31.2. The molecule has 0 aliphatic heterocycles. The number of hydrogen-bond acceptors (Lipinski definition) is 4. The molecule has 1 rings (SSSR count). The number of phosphoric acid groups is 1. The third-order valence-corrected chi connectivity index (χ3v) is 1.62. The summed E-state index contributed by atoms with van der Waals surface area (Å²) in [6.45, 7) is 6.34. The molecular formula is C12H19O6P. The lowest BCUT2D eigenvalue weighted by atomic mass is 10.4. The van der Waals surface area contributed by atoms with E-state index in [1.165, 1.54) is 6.92 Å². The molecule has 1 aromatic rings. The summed E-state index contributed by atoms with van der Waals surface area (Å²) < 4.78 is 13.6. The van der Waals surface area contributed by atoms with E-state index in [2.05, 4.69) is 11.1 Å². The van der Waals surface area contributed by atoms with Crippen molar-refractivity contribution in [3.63, 3.8) is 0 Å². The lowest BCUT2D eigenvalue weighted by molar-refractivity contribution is -0.131. The molecular weight excluding hydrogens is 271 g/mol. The Hall–Kier alpha value is -1.46. The first-order chi connectivity index (χ1) is 8.74. The SMILES string of the molecule is C=C(C)C(=O)OP(=O)(O)O.CCO.c1ccccc1. The van der Waals surface area contributed by atoms with Crippen molar-refractivity contribution in [1.82, 2.24) is 0 Å². The summed E-state index contributed by atoms with van der Waals surface area (Å²) >= 11 is 0. The largest absolute Gasteiger partial charge is 0.527 e. The second kappa shape index (κ2) is 11.6. The van der Waals surface area contributed by atoms with E-state index >= 15 is 0 Å². The predicted octanol–water partition coefficient (Wildman–Crippen LogP) is 1.88. The van der Waals surface area contributed by atoms with E-state index in [4.69, 9.17) is 14.9 Å². The zero-order valence-electron chi connectivity index (χ0n) is 10.9. The van der Waals surface area contributed by atoms with Crippen molar-refractivity contribution in [2.24, 2.45) is 0 Å². The van der Waals surface area contributed by atoms with Crippen molar-refractivity contribution in [1.29, 1.82) is 0 Å². The maximum absolute atomic E-state index is 10.3. The molecule has 0 heterocycles. The summed E-state index contributed by atoms with van der Waals surface area (Å²) in [5, 5.41) is 7.57. The smallest absolute Gasteiger partial charge is 0.397 e. The summed E-state index contributed by atoms with van der Waals surface area (Å²) in [6.07, 6.45) is 0. The number of hydrogen-bond donors (Lipinski definition) is 3. The molecule has 0 fully saturated rings. The van der Waals surface area contributed by atoms with E-state index in [9.17, 15) is 9.36 Å². The summed E-state index contributed by atoms with van der Waals surface area (Å²) in [5.74, 6) is -1.09. The zero-order chi connectivity index (χ0) is 15.3. The average Bonchev–Trinajstić information content (AvgIpc) is 2.31. The number of aliphatic hydroxyl groups is 1. The minimum atomic E-state index is -4.69. The van der Waals surface area contributed by atoms with Crippen LogP contribution in [-0.2, 0) is 13.9 Å². The summed E-state index contributed by atoms with van der Waals surface area (Å²) in [5.41, 5.74) is -0.0525. The van der Waals surface area contributed by atoms with Gasteiger partial charge in [0.2, 0.25) is 0 Å². The Labute approximate surface area is 112 Å². The first kappa shape index (κ1) is 19.9. The molecule has 19 heavy (non-hydrogen) atoms. The van der Waals surface area contributed by atoms with Crippen molar-refractivity contribution in [3.8, 4) is 0 Å². The highest BCUT2D eigenvalue weighted by Crippen LogP contribution is 2.36. The van der Waals surface area contributed by atoms with Gasteiger partial charge in [0.15, 0.2) is 0 Å². The van der Waals surface area contributed by atoms with Crippen LogP contribution in [0.3, 0.4) is 0 Å². The van der Waals surface area contributed by atoms with Gasteiger partial charge in [-0.15, -0.1) is 0 Å². The van der Waals surface area contributed by atoms with Gasteiger partial charge < -0.3 is 9.63 Å². The molecule has 7 heteroatoms. The minimum Gasteiger partial charge on any atom is -0.397 e. The van der Waals surface area contributed by atoms with Gasteiger partial charge in [-0.25, -0.2) is 9.36 Å². The van der Waals surface area contributed by atoms with Gasteiger partial charge in [-0.05, 0) is 13.8 Å². The van der Waals surface area contributed by atoms with Crippen molar-refractivity contribution < 1.29 is 28.8 Å². The first-order valence-electron chi connectivity index (χ1n) is 5.30. The molecule has 0 aromatic heterocycles. The predicted molar refractivity (Wildman–Crippen MR) is 72.2 cm³/mol. The third kappa shape index (κ3) is 19.1. The van der Waals surface area contributed by atoms with Crippen LogP contribution in [-0.4, -0.2) is 27.5 Å². The molecule has 0 aliphatic carbocycles. The summed E-state index contributed by atoms with van der Waals surface area (Å²) in [4.78, 5) is 26.5. The Bertz CT molecular complexity index is 371. The Kier molecular flexibility index (Phi) is 12.2. The average molecular weight is 290 g/mol. The van der Waals surface area contributed by atoms with Crippen LogP contribution in [0.25, 0.3) is 0 Å². The van der Waals surface area contributed by atoms with Crippen LogP contribution >= 0.6 is 7.82 Å². The van der Waals surface area contributed by atoms with Gasteiger partial charge in [0.05, 0.1) is 0 Å². The molecule has 0 atom stereocenters. The van der Waals surface area contributed by atoms with E-state index in [0.29, 0.717) is 0 Å². The molecule has 0 bridgehead atoms. The third-order valence-electron chi connectivity index (χ3n) is 1.22. The molecule has 0 radical (unpaired) electrons. The van der Waals surface area contributed by atoms with Crippen molar-refractivity contribution in [3.05, 3.63) is 48.6 Å². The number of rotatable bonds is 2. The number of aliphatic hydroxyl groups excluding tert-OH is 1. The van der Waals surface area contributed by atoms with Gasteiger partial charge >= 0.3 is 13.8 Å². The molecule has 0 saturated carbocycles. The fraction of sp³-hybridized carbons (Fsp3) is 0.250. The Balaban J connectivity index is 0. The second-order valence-electron chi connectivity index (χ2n) is 3.12. The maximum atomic E-state index is 10.3. The minimum absolute atomic E-state index is 0.0525. The van der Waals surface area contributed by atoms with E-state index in [1.54, 1.807) is 6.92 Å². The van der Waals surface area contributed by atoms with Gasteiger partial charge in [0.1, 0.15) is 0 Å². The van der Waals surface area contributed by atoms with Crippen molar-refractivity contribution >= 4 is 13.8 Å². The fourth-order valence-corrected chi connectivity index (χ4v) is 0.943. The van der Waals surface area contributed by atoms with E-state index < -0.39 is 13.8 Å². The summed E-state index contributed by atoms with van der Waals surface area (Å²) in [6, 6.07) is 12.0. The van der Waals surface area contributed by atoms with Crippen LogP contribution in [0.2, 0.25) is 0 Å². The second-order valence-corrected chi connectivity index (χ2v) is 4.28. The lowest BCUT2D eigenvalue weighted by Crippen LogP contribution is -2.01. The zero-order valence-corrected chi connectivity index (χ0v) is 11.8. The number of phosphoric ester groups is 1. The molecule has 0 unspecified atom stereocenters. The van der Waals surface area contributed by atoms with Gasteiger partial charge in [-0.1, -0.05) is 43.0 Å². The summed E-state index contributed by atoms with van der Waals surface area (Å²) in [7, 11) is -4.69. The van der Waals surface area contributed by atoms with E-state index in [0.717, 1.165) is 0 Å². The van der Waals surface area contributed by atoms with Crippen LogP contribution in [0.1, 0.15) is 13.8 Å². The van der Waals surface area contributed by atoms with Crippen molar-refractivity contribution in [2.75, 3.05) is 6.61 Å². The molecule has 0 amide bonds. The van der Waals surface area contributed by atoms with E-state index in [-0.39, 0.29) is 12.2 Å². The van der Waals surface area contributed by atoms with Gasteiger partial charge in [0, 0.05) is 12.2 Å². The Morgan fingerprint density at radius 2 is 1.42 bits per heavy atom. The molecule has 3 N–H and O–H groups in total. The van der Waals surface area contributed by atoms with Gasteiger partial charge in [-0.3, -0.25) is 9.79 Å². The molecule has 0 spiro atoms. The molecule has 0 saturated heterocycles. The van der Waals surface area contributed by atoms with Crippen LogP contribution < -0.4 is 0 Å². The lowest BCUT2D eigenvalue weighted by Gasteiger charge is -2.02. The van der Waals surface area contributed by atoms with Gasteiger partial charge in [0.25, 0.3) is 0 Å². The topological polar surface area (TPSA) is 104 Å².